The van der Waals surface area contributed by atoms with Crippen molar-refractivity contribution < 1.29 is 15.3 Å². The molecule has 0 atom stereocenters. The SMILES string of the molecule is CCCCSCc1c2c(=O)c3c(c(=O)c-2c(C(C)C)c(=O)c1=O)Cc1c-3c(O)c2c(CSCCCC)c(N=O)c(O)c(C(C)C)c2c1O. The minimum atomic E-state index is -0.805. The van der Waals surface area contributed by atoms with Gasteiger partial charge in [-0.15, -0.1) is 4.91 Å². The van der Waals surface area contributed by atoms with Crippen LogP contribution < -0.4 is 21.7 Å². The fourth-order valence-electron chi connectivity index (χ4n) is 7.00. The topological polar surface area (TPSA) is 158 Å². The second-order valence-corrected chi connectivity index (χ2v) is 15.3. The standard InChI is InChI=1S/C37H41NO8S2/c1-7-9-11-47-14-20-26-28(22(16(3)4)36(44)30(20)38-46)31(39)18-13-19-25(24(18)34(26)42)35(43)27-21(15-48-12-10-8-2)33(41)37(45)23(17(5)6)29(27)32(19)40/h16-17,39,42,44H,7-15H2,1-6H3. The van der Waals surface area contributed by atoms with Crippen LogP contribution >= 0.6 is 23.5 Å². The first-order chi connectivity index (χ1) is 22.8. The highest BCUT2D eigenvalue weighted by Gasteiger charge is 2.39. The van der Waals surface area contributed by atoms with Crippen molar-refractivity contribution in [2.24, 2.45) is 5.18 Å². The molecular weight excluding hydrogens is 651 g/mol. The Morgan fingerprint density at radius 3 is 1.75 bits per heavy atom. The van der Waals surface area contributed by atoms with Gasteiger partial charge in [-0.25, -0.2) is 0 Å². The molecule has 0 fully saturated rings. The molecule has 254 valence electrons. The molecule has 0 bridgehead atoms. The van der Waals surface area contributed by atoms with Crippen LogP contribution in [0.25, 0.3) is 33.0 Å². The number of hydrogen-bond donors (Lipinski definition) is 3. The average Bonchev–Trinajstić information content (AvgIpc) is 3.46. The van der Waals surface area contributed by atoms with Crippen molar-refractivity contribution in [2.45, 2.75) is 97.0 Å². The highest BCUT2D eigenvalue weighted by atomic mass is 32.2. The van der Waals surface area contributed by atoms with Gasteiger partial charge in [-0.1, -0.05) is 54.4 Å². The fourth-order valence-corrected chi connectivity index (χ4v) is 9.24. The molecule has 2 aromatic rings. The molecule has 0 radical (unpaired) electrons. The lowest BCUT2D eigenvalue weighted by Gasteiger charge is -2.22. The van der Waals surface area contributed by atoms with Gasteiger partial charge in [0.2, 0.25) is 10.9 Å². The summed E-state index contributed by atoms with van der Waals surface area (Å²) in [6, 6.07) is 0. The van der Waals surface area contributed by atoms with Crippen molar-refractivity contribution in [3.8, 4) is 39.5 Å². The Balaban J connectivity index is 1.95. The number of nitroso groups, excluding NO2 is 1. The van der Waals surface area contributed by atoms with E-state index in [1.54, 1.807) is 27.7 Å². The van der Waals surface area contributed by atoms with E-state index in [1.165, 1.54) is 23.5 Å². The molecule has 48 heavy (non-hydrogen) atoms. The van der Waals surface area contributed by atoms with Gasteiger partial charge in [-0.2, -0.15) is 23.5 Å². The van der Waals surface area contributed by atoms with E-state index in [-0.39, 0.29) is 102 Å². The summed E-state index contributed by atoms with van der Waals surface area (Å²) < 4.78 is 0. The van der Waals surface area contributed by atoms with E-state index in [2.05, 4.69) is 5.18 Å². The van der Waals surface area contributed by atoms with E-state index in [1.807, 2.05) is 13.8 Å². The second-order valence-electron chi connectivity index (χ2n) is 13.1. The van der Waals surface area contributed by atoms with Crippen LogP contribution in [0.1, 0.15) is 112 Å². The number of rotatable bonds is 13. The predicted octanol–water partition coefficient (Wildman–Crippen LogP) is 7.66. The summed E-state index contributed by atoms with van der Waals surface area (Å²) in [4.78, 5) is 68.3. The molecule has 5 rings (SSSR count). The third kappa shape index (κ3) is 5.52. The van der Waals surface area contributed by atoms with Gasteiger partial charge in [0.05, 0.1) is 0 Å². The van der Waals surface area contributed by atoms with E-state index in [4.69, 9.17) is 0 Å². The summed E-state index contributed by atoms with van der Waals surface area (Å²) in [5.41, 5.74) is -2.85. The van der Waals surface area contributed by atoms with Gasteiger partial charge in [-0.05, 0) is 41.4 Å². The summed E-state index contributed by atoms with van der Waals surface area (Å²) >= 11 is 2.89. The number of phenolic OH excluding ortho intramolecular Hbond substituents is 3. The molecule has 3 aliphatic carbocycles. The Labute approximate surface area is 286 Å². The molecule has 2 aromatic carbocycles. The number of unbranched alkanes of at least 4 members (excludes halogenated alkanes) is 2. The molecule has 11 heteroatoms. The van der Waals surface area contributed by atoms with Crippen molar-refractivity contribution in [3.63, 3.8) is 0 Å². The zero-order valence-corrected chi connectivity index (χ0v) is 29.8. The van der Waals surface area contributed by atoms with Crippen molar-refractivity contribution in [3.05, 3.63) is 79.2 Å². The Morgan fingerprint density at radius 2 is 1.21 bits per heavy atom. The Morgan fingerprint density at radius 1 is 0.625 bits per heavy atom. The van der Waals surface area contributed by atoms with Crippen molar-refractivity contribution in [2.75, 3.05) is 11.5 Å². The summed E-state index contributed by atoms with van der Waals surface area (Å²) in [5.74, 6) is -0.368. The molecule has 0 heterocycles. The van der Waals surface area contributed by atoms with Crippen LogP contribution in [0.2, 0.25) is 0 Å². The third-order valence-electron chi connectivity index (χ3n) is 9.31. The van der Waals surface area contributed by atoms with Crippen LogP contribution in [0.4, 0.5) is 5.69 Å². The van der Waals surface area contributed by atoms with Crippen LogP contribution in [-0.4, -0.2) is 26.8 Å². The summed E-state index contributed by atoms with van der Waals surface area (Å²) in [7, 11) is 0. The first kappa shape index (κ1) is 35.6. The monoisotopic (exact) mass is 691 g/mol. The summed E-state index contributed by atoms with van der Waals surface area (Å²) in [6.07, 6.45) is 3.42. The molecule has 3 N–H and O–H groups in total. The summed E-state index contributed by atoms with van der Waals surface area (Å²) in [5, 5.41) is 38.8. The lowest BCUT2D eigenvalue weighted by Crippen LogP contribution is -2.38. The van der Waals surface area contributed by atoms with Crippen LogP contribution in [0.15, 0.2) is 24.4 Å². The quantitative estimate of drug-likeness (QED) is 0.0484. The number of phenols is 3. The second kappa shape index (κ2) is 14.0. The highest BCUT2D eigenvalue weighted by molar-refractivity contribution is 7.98. The lowest BCUT2D eigenvalue weighted by molar-refractivity contribution is 0.458. The molecule has 0 spiro atoms. The van der Waals surface area contributed by atoms with Crippen LogP contribution in [-0.2, 0) is 17.9 Å². The number of aromatic hydroxyl groups is 3. The predicted molar refractivity (Wildman–Crippen MR) is 197 cm³/mol. The average molecular weight is 692 g/mol. The summed E-state index contributed by atoms with van der Waals surface area (Å²) in [6.45, 7) is 11.0. The first-order valence-corrected chi connectivity index (χ1v) is 18.8. The molecule has 3 aliphatic rings. The van der Waals surface area contributed by atoms with Gasteiger partial charge in [0.1, 0.15) is 17.2 Å². The number of benzene rings is 4. The van der Waals surface area contributed by atoms with Gasteiger partial charge < -0.3 is 15.3 Å². The lowest BCUT2D eigenvalue weighted by atomic mass is 9.83. The van der Waals surface area contributed by atoms with Crippen molar-refractivity contribution in [1.29, 1.82) is 0 Å². The third-order valence-corrected chi connectivity index (χ3v) is 11.5. The molecule has 0 saturated heterocycles. The van der Waals surface area contributed by atoms with Gasteiger partial charge >= 0.3 is 0 Å². The van der Waals surface area contributed by atoms with Gasteiger partial charge in [0.15, 0.2) is 16.5 Å². The smallest absolute Gasteiger partial charge is 0.230 e. The van der Waals surface area contributed by atoms with Crippen LogP contribution in [0.3, 0.4) is 0 Å². The van der Waals surface area contributed by atoms with Crippen molar-refractivity contribution in [1.82, 2.24) is 0 Å². The molecular formula is C37H41NO8S2. The Bertz CT molecular complexity index is 2130. The molecule has 0 aromatic heterocycles. The number of nitrogens with zero attached hydrogens (tertiary/aromatic N) is 1. The number of thioether (sulfide) groups is 2. The van der Waals surface area contributed by atoms with E-state index in [9.17, 15) is 39.4 Å². The highest BCUT2D eigenvalue weighted by Crippen LogP contribution is 2.56. The zero-order valence-electron chi connectivity index (χ0n) is 28.2. The first-order valence-electron chi connectivity index (χ1n) is 16.5. The van der Waals surface area contributed by atoms with E-state index < -0.39 is 39.3 Å². The number of fused-ring (bicyclic) bond motifs is 5. The maximum Gasteiger partial charge on any atom is 0.230 e. The Kier molecular flexibility index (Phi) is 10.4. The minimum Gasteiger partial charge on any atom is -0.507 e. The van der Waals surface area contributed by atoms with E-state index in [0.29, 0.717) is 5.75 Å². The van der Waals surface area contributed by atoms with E-state index >= 15 is 0 Å². The fraction of sp³-hybridized carbons (Fsp3) is 0.459. The maximum absolute atomic E-state index is 14.7. The normalized spacial score (nSPS) is 12.5. The number of hydrogen-bond acceptors (Lipinski definition) is 11. The molecule has 9 nitrogen and oxygen atoms in total. The maximum atomic E-state index is 14.7. The largest absolute Gasteiger partial charge is 0.507 e. The Hall–Kier alpha value is -3.70. The zero-order chi connectivity index (χ0) is 35.2. The van der Waals surface area contributed by atoms with Gasteiger partial charge in [-0.3, -0.25) is 19.2 Å². The minimum absolute atomic E-state index is 0.00289. The van der Waals surface area contributed by atoms with Crippen LogP contribution in [0, 0.1) is 4.91 Å². The molecule has 0 amide bonds. The van der Waals surface area contributed by atoms with E-state index in [0.717, 1.165) is 31.4 Å². The van der Waals surface area contributed by atoms with Crippen LogP contribution in [0.5, 0.6) is 17.2 Å². The van der Waals surface area contributed by atoms with Crippen molar-refractivity contribution >= 4 is 40.0 Å². The molecule has 0 aliphatic heterocycles. The molecule has 0 saturated carbocycles. The van der Waals surface area contributed by atoms with Gasteiger partial charge in [0, 0.05) is 84.3 Å². The van der Waals surface area contributed by atoms with Gasteiger partial charge in [0.25, 0.3) is 0 Å². The molecule has 0 unspecified atom stereocenters.